The van der Waals surface area contributed by atoms with Gasteiger partial charge in [-0.1, -0.05) is 40.2 Å². The third-order valence-electron chi connectivity index (χ3n) is 3.69. The van der Waals surface area contributed by atoms with Gasteiger partial charge in [0.2, 0.25) is 0 Å². The van der Waals surface area contributed by atoms with E-state index in [0.29, 0.717) is 13.2 Å². The zero-order valence-corrected chi connectivity index (χ0v) is 13.5. The van der Waals surface area contributed by atoms with Gasteiger partial charge < -0.3 is 15.2 Å². The third-order valence-corrected chi connectivity index (χ3v) is 4.77. The number of benzene rings is 2. The van der Waals surface area contributed by atoms with Crippen LogP contribution in [0.2, 0.25) is 0 Å². The predicted octanol–water partition coefficient (Wildman–Crippen LogP) is 3.97. The molecule has 3 rings (SSSR count). The molecule has 0 saturated heterocycles. The number of hydrogen-bond acceptors (Lipinski definition) is 3. The smallest absolute Gasteiger partial charge is 0.161 e. The van der Waals surface area contributed by atoms with Crippen molar-refractivity contribution in [1.29, 1.82) is 0 Å². The summed E-state index contributed by atoms with van der Waals surface area (Å²) in [6.07, 6.45) is 0.902. The van der Waals surface area contributed by atoms with Crippen LogP contribution >= 0.6 is 15.9 Å². The van der Waals surface area contributed by atoms with Crippen molar-refractivity contribution in [3.8, 4) is 11.5 Å². The van der Waals surface area contributed by atoms with Crippen molar-refractivity contribution in [3.63, 3.8) is 0 Å². The maximum atomic E-state index is 6.43. The molecule has 1 unspecified atom stereocenters. The first-order valence-electron chi connectivity index (χ1n) is 7.07. The Morgan fingerprint density at radius 3 is 2.67 bits per heavy atom. The second-order valence-electron chi connectivity index (χ2n) is 5.21. The molecule has 0 amide bonds. The molecule has 0 fully saturated rings. The van der Waals surface area contributed by atoms with Gasteiger partial charge in [0.25, 0.3) is 0 Å². The average molecular weight is 348 g/mol. The van der Waals surface area contributed by atoms with E-state index in [1.54, 1.807) is 0 Å². The van der Waals surface area contributed by atoms with Crippen LogP contribution in [0.3, 0.4) is 0 Å². The van der Waals surface area contributed by atoms with E-state index in [9.17, 15) is 0 Å². The highest BCUT2D eigenvalue weighted by atomic mass is 79.9. The molecule has 0 aromatic heterocycles. The molecule has 0 saturated carbocycles. The molecule has 2 aromatic rings. The largest absolute Gasteiger partial charge is 0.490 e. The first-order chi connectivity index (χ1) is 10.2. The minimum atomic E-state index is -0.198. The first-order valence-corrected chi connectivity index (χ1v) is 7.86. The Morgan fingerprint density at radius 2 is 1.86 bits per heavy atom. The molecule has 1 aliphatic rings. The number of aryl methyl sites for hydroxylation is 1. The summed E-state index contributed by atoms with van der Waals surface area (Å²) in [7, 11) is 0. The number of halogens is 1. The standard InChI is InChI=1S/C17H18BrNO2/c1-11-4-2-5-13(16(11)18)17(19)12-6-7-14-15(10-12)21-9-3-8-20-14/h2,4-7,10,17H,3,8-9,19H2,1H3. The van der Waals surface area contributed by atoms with E-state index in [1.807, 2.05) is 30.3 Å². The molecule has 0 bridgehead atoms. The highest BCUT2D eigenvalue weighted by molar-refractivity contribution is 9.10. The Labute approximate surface area is 133 Å². The monoisotopic (exact) mass is 347 g/mol. The lowest BCUT2D eigenvalue weighted by atomic mass is 9.98. The molecule has 3 nitrogen and oxygen atoms in total. The van der Waals surface area contributed by atoms with Crippen molar-refractivity contribution < 1.29 is 9.47 Å². The highest BCUT2D eigenvalue weighted by Crippen LogP contribution is 2.35. The Balaban J connectivity index is 1.96. The number of rotatable bonds is 2. The summed E-state index contributed by atoms with van der Waals surface area (Å²) >= 11 is 3.63. The van der Waals surface area contributed by atoms with Gasteiger partial charge in [0.15, 0.2) is 11.5 Å². The van der Waals surface area contributed by atoms with Gasteiger partial charge in [0.1, 0.15) is 0 Å². The lowest BCUT2D eigenvalue weighted by molar-refractivity contribution is 0.297. The van der Waals surface area contributed by atoms with E-state index in [4.69, 9.17) is 15.2 Å². The van der Waals surface area contributed by atoms with Crippen molar-refractivity contribution in [1.82, 2.24) is 0 Å². The van der Waals surface area contributed by atoms with Crippen LogP contribution in [0.25, 0.3) is 0 Å². The van der Waals surface area contributed by atoms with E-state index < -0.39 is 0 Å². The van der Waals surface area contributed by atoms with Crippen LogP contribution in [0.5, 0.6) is 11.5 Å². The van der Waals surface area contributed by atoms with Crippen LogP contribution < -0.4 is 15.2 Å². The Morgan fingerprint density at radius 1 is 1.10 bits per heavy atom. The van der Waals surface area contributed by atoms with Crippen LogP contribution in [0.15, 0.2) is 40.9 Å². The van der Waals surface area contributed by atoms with E-state index in [2.05, 4.69) is 28.9 Å². The van der Waals surface area contributed by atoms with E-state index >= 15 is 0 Å². The molecule has 110 valence electrons. The molecular weight excluding hydrogens is 330 g/mol. The summed E-state index contributed by atoms with van der Waals surface area (Å²) in [5.74, 6) is 1.58. The molecule has 2 N–H and O–H groups in total. The molecular formula is C17H18BrNO2. The molecule has 1 aliphatic heterocycles. The minimum absolute atomic E-state index is 0.198. The fraction of sp³-hybridized carbons (Fsp3) is 0.294. The van der Waals surface area contributed by atoms with E-state index in [1.165, 1.54) is 5.56 Å². The molecule has 21 heavy (non-hydrogen) atoms. The summed E-state index contributed by atoms with van der Waals surface area (Å²) < 4.78 is 12.5. The lowest BCUT2D eigenvalue weighted by Gasteiger charge is -2.17. The summed E-state index contributed by atoms with van der Waals surface area (Å²) in [4.78, 5) is 0. The summed E-state index contributed by atoms with van der Waals surface area (Å²) in [6.45, 7) is 3.44. The van der Waals surface area contributed by atoms with Crippen molar-refractivity contribution in [2.24, 2.45) is 5.73 Å². The zero-order chi connectivity index (χ0) is 14.8. The molecule has 4 heteroatoms. The van der Waals surface area contributed by atoms with Crippen molar-refractivity contribution in [2.75, 3.05) is 13.2 Å². The Hall–Kier alpha value is -1.52. The van der Waals surface area contributed by atoms with Gasteiger partial charge in [-0.3, -0.25) is 0 Å². The SMILES string of the molecule is Cc1cccc(C(N)c2ccc3c(c2)OCCCO3)c1Br. The first kappa shape index (κ1) is 14.4. The maximum absolute atomic E-state index is 6.43. The highest BCUT2D eigenvalue weighted by Gasteiger charge is 2.17. The number of nitrogens with two attached hydrogens (primary N) is 1. The summed E-state index contributed by atoms with van der Waals surface area (Å²) in [6, 6.07) is 11.9. The summed E-state index contributed by atoms with van der Waals surface area (Å²) in [5.41, 5.74) is 9.70. The lowest BCUT2D eigenvalue weighted by Crippen LogP contribution is -2.13. The minimum Gasteiger partial charge on any atom is -0.490 e. The normalized spacial score (nSPS) is 15.4. The zero-order valence-electron chi connectivity index (χ0n) is 11.9. The maximum Gasteiger partial charge on any atom is 0.161 e. The van der Waals surface area contributed by atoms with E-state index in [-0.39, 0.29) is 6.04 Å². The fourth-order valence-corrected chi connectivity index (χ4v) is 2.97. The van der Waals surface area contributed by atoms with Crippen LogP contribution in [0.4, 0.5) is 0 Å². The topological polar surface area (TPSA) is 44.5 Å². The van der Waals surface area contributed by atoms with Gasteiger partial charge in [-0.05, 0) is 35.7 Å². The van der Waals surface area contributed by atoms with Crippen LogP contribution in [-0.2, 0) is 0 Å². The van der Waals surface area contributed by atoms with Crippen molar-refractivity contribution in [2.45, 2.75) is 19.4 Å². The molecule has 0 aliphatic carbocycles. The van der Waals surface area contributed by atoms with Crippen LogP contribution in [0.1, 0.15) is 29.2 Å². The Kier molecular flexibility index (Phi) is 4.17. The molecule has 1 heterocycles. The van der Waals surface area contributed by atoms with E-state index in [0.717, 1.165) is 33.5 Å². The third kappa shape index (κ3) is 2.92. The van der Waals surface area contributed by atoms with Crippen molar-refractivity contribution >= 4 is 15.9 Å². The average Bonchev–Trinajstić information content (AvgIpc) is 2.74. The van der Waals surface area contributed by atoms with Gasteiger partial charge in [-0.2, -0.15) is 0 Å². The molecule has 0 spiro atoms. The molecule has 1 atom stereocenters. The molecule has 0 radical (unpaired) electrons. The predicted molar refractivity (Wildman–Crippen MR) is 87.0 cm³/mol. The Bertz CT molecular complexity index is 657. The van der Waals surface area contributed by atoms with Gasteiger partial charge in [0.05, 0.1) is 19.3 Å². The second-order valence-corrected chi connectivity index (χ2v) is 6.01. The summed E-state index contributed by atoms with van der Waals surface area (Å²) in [5, 5.41) is 0. The van der Waals surface area contributed by atoms with Gasteiger partial charge in [-0.15, -0.1) is 0 Å². The van der Waals surface area contributed by atoms with Gasteiger partial charge in [-0.25, -0.2) is 0 Å². The van der Waals surface area contributed by atoms with Crippen LogP contribution in [-0.4, -0.2) is 13.2 Å². The van der Waals surface area contributed by atoms with Gasteiger partial charge >= 0.3 is 0 Å². The van der Waals surface area contributed by atoms with Gasteiger partial charge in [0, 0.05) is 10.9 Å². The fourth-order valence-electron chi connectivity index (χ4n) is 2.46. The number of ether oxygens (including phenoxy) is 2. The number of fused-ring (bicyclic) bond motifs is 1. The second kappa shape index (κ2) is 6.08. The van der Waals surface area contributed by atoms with Crippen molar-refractivity contribution in [3.05, 3.63) is 57.6 Å². The molecule has 2 aromatic carbocycles. The van der Waals surface area contributed by atoms with Crippen LogP contribution in [0, 0.1) is 6.92 Å². The quantitative estimate of drug-likeness (QED) is 0.893. The number of hydrogen-bond donors (Lipinski definition) is 1.